The van der Waals surface area contributed by atoms with Gasteiger partial charge in [-0.1, -0.05) is 29.8 Å². The van der Waals surface area contributed by atoms with Crippen LogP contribution in [0.25, 0.3) is 10.8 Å². The van der Waals surface area contributed by atoms with Crippen LogP contribution in [0.2, 0.25) is 5.15 Å². The Morgan fingerprint density at radius 1 is 1.09 bits per heavy atom. The number of pyridine rings is 1. The van der Waals surface area contributed by atoms with E-state index in [9.17, 15) is 14.4 Å². The topological polar surface area (TPSA) is 108 Å². The van der Waals surface area contributed by atoms with Gasteiger partial charge in [0.15, 0.2) is 0 Å². The average molecular weight is 496 g/mol. The molecule has 2 aromatic heterocycles. The number of fused-ring (bicyclic) bond motifs is 1. The summed E-state index contributed by atoms with van der Waals surface area (Å²) in [5.41, 5.74) is 0.797. The average Bonchev–Trinajstić information content (AvgIpc) is 3.29. The molecular formula is C25H26ClN5O4. The Kier molecular flexibility index (Phi) is 6.19. The first-order chi connectivity index (χ1) is 16.9. The third-order valence-corrected chi connectivity index (χ3v) is 7.42. The third kappa shape index (κ3) is 4.60. The number of carbonyl (C=O) groups is 2. The smallest absolute Gasteiger partial charge is 0.272 e. The summed E-state index contributed by atoms with van der Waals surface area (Å²) in [6.07, 6.45) is 2.72. The van der Waals surface area contributed by atoms with Gasteiger partial charge < -0.3 is 14.5 Å². The lowest BCUT2D eigenvalue weighted by Gasteiger charge is -2.39. The van der Waals surface area contributed by atoms with Crippen molar-refractivity contribution in [1.29, 1.82) is 0 Å². The molecule has 182 valence electrons. The first-order valence-corrected chi connectivity index (χ1v) is 12.0. The highest BCUT2D eigenvalue weighted by molar-refractivity contribution is 6.29. The van der Waals surface area contributed by atoms with E-state index in [2.05, 4.69) is 15.2 Å². The lowest BCUT2D eigenvalue weighted by Crippen LogP contribution is -2.44. The molecule has 3 aromatic rings. The maximum Gasteiger partial charge on any atom is 0.272 e. The molecular weight excluding hydrogens is 470 g/mol. The van der Waals surface area contributed by atoms with Crippen LogP contribution in [0.3, 0.4) is 0 Å². The molecule has 1 N–H and O–H groups in total. The number of H-pyrrole nitrogens is 1. The van der Waals surface area contributed by atoms with Crippen molar-refractivity contribution in [3.05, 3.63) is 63.2 Å². The van der Waals surface area contributed by atoms with Crippen molar-refractivity contribution in [3.8, 4) is 5.88 Å². The zero-order valence-corrected chi connectivity index (χ0v) is 20.2. The Balaban J connectivity index is 1.22. The van der Waals surface area contributed by atoms with Crippen LogP contribution in [0.4, 0.5) is 0 Å². The second-order valence-corrected chi connectivity index (χ2v) is 9.69. The number of ether oxygens (including phenoxy) is 1. The van der Waals surface area contributed by atoms with E-state index in [0.717, 1.165) is 19.3 Å². The van der Waals surface area contributed by atoms with E-state index in [1.165, 1.54) is 7.11 Å². The van der Waals surface area contributed by atoms with Crippen molar-refractivity contribution in [2.24, 2.45) is 5.41 Å². The maximum absolute atomic E-state index is 13.1. The highest BCUT2D eigenvalue weighted by Crippen LogP contribution is 2.41. The van der Waals surface area contributed by atoms with Gasteiger partial charge in [0.25, 0.3) is 11.5 Å². The molecule has 2 aliphatic rings. The first-order valence-electron chi connectivity index (χ1n) is 11.6. The van der Waals surface area contributed by atoms with Crippen molar-refractivity contribution < 1.29 is 14.3 Å². The van der Waals surface area contributed by atoms with Crippen LogP contribution >= 0.6 is 11.6 Å². The fourth-order valence-electron chi connectivity index (χ4n) is 5.18. The minimum Gasteiger partial charge on any atom is -0.481 e. The number of hydrogen-bond donors (Lipinski definition) is 1. The molecule has 0 atom stereocenters. The van der Waals surface area contributed by atoms with Gasteiger partial charge in [-0.25, -0.2) is 10.1 Å². The number of likely N-dealkylation sites (tertiary alicyclic amines) is 2. The standard InChI is InChI=1S/C25H26ClN5O4/c1-35-21-13-16(12-20(26)27-21)24(34)30-9-6-25(7-10-30)8-11-31(15-25)22(32)14-19-17-4-2-3-5-18(17)23(33)29-28-19/h2-5,12-13H,6-11,14-15H2,1H3,(H,29,33). The van der Waals surface area contributed by atoms with Gasteiger partial charge in [0.2, 0.25) is 11.8 Å². The third-order valence-electron chi connectivity index (χ3n) is 7.22. The number of nitrogens with one attached hydrogen (secondary N) is 1. The minimum atomic E-state index is -0.259. The van der Waals surface area contributed by atoms with Crippen LogP contribution in [-0.4, -0.2) is 70.1 Å². The van der Waals surface area contributed by atoms with Gasteiger partial charge in [-0.3, -0.25) is 14.4 Å². The van der Waals surface area contributed by atoms with E-state index in [4.69, 9.17) is 16.3 Å². The van der Waals surface area contributed by atoms with Crippen LogP contribution in [0.15, 0.2) is 41.2 Å². The van der Waals surface area contributed by atoms with Gasteiger partial charge >= 0.3 is 0 Å². The Hall–Kier alpha value is -3.46. The summed E-state index contributed by atoms with van der Waals surface area (Å²) in [6.45, 7) is 2.60. The lowest BCUT2D eigenvalue weighted by atomic mass is 9.77. The van der Waals surface area contributed by atoms with Gasteiger partial charge in [0, 0.05) is 43.2 Å². The van der Waals surface area contributed by atoms with Crippen LogP contribution in [0.1, 0.15) is 35.3 Å². The molecule has 1 aromatic carbocycles. The zero-order valence-electron chi connectivity index (χ0n) is 19.4. The number of halogens is 1. The Morgan fingerprint density at radius 3 is 2.49 bits per heavy atom. The van der Waals surface area contributed by atoms with Gasteiger partial charge in [0.05, 0.1) is 24.6 Å². The monoisotopic (exact) mass is 495 g/mol. The lowest BCUT2D eigenvalue weighted by molar-refractivity contribution is -0.130. The first kappa shape index (κ1) is 23.3. The molecule has 2 aliphatic heterocycles. The predicted molar refractivity (Wildman–Crippen MR) is 131 cm³/mol. The summed E-state index contributed by atoms with van der Waals surface area (Å²) in [7, 11) is 1.49. The highest BCUT2D eigenvalue weighted by Gasteiger charge is 2.42. The number of rotatable bonds is 4. The van der Waals surface area contributed by atoms with Crippen LogP contribution < -0.4 is 10.3 Å². The molecule has 0 saturated carbocycles. The van der Waals surface area contributed by atoms with Gasteiger partial charge in [-0.05, 0) is 36.8 Å². The molecule has 5 rings (SSSR count). The predicted octanol–water partition coefficient (Wildman–Crippen LogP) is 2.68. The molecule has 2 fully saturated rings. The molecule has 0 radical (unpaired) electrons. The molecule has 1 spiro atoms. The Labute approximate surface area is 207 Å². The Morgan fingerprint density at radius 2 is 1.77 bits per heavy atom. The fraction of sp³-hybridized carbons (Fsp3) is 0.400. The number of piperidine rings is 1. The van der Waals surface area contributed by atoms with E-state index >= 15 is 0 Å². The molecule has 0 bridgehead atoms. The molecule has 2 saturated heterocycles. The van der Waals surface area contributed by atoms with Crippen LogP contribution in [-0.2, 0) is 11.2 Å². The molecule has 9 nitrogen and oxygen atoms in total. The highest BCUT2D eigenvalue weighted by atomic mass is 35.5. The van der Waals surface area contributed by atoms with E-state index in [1.807, 2.05) is 21.9 Å². The number of methoxy groups -OCH3 is 1. The fourth-order valence-corrected chi connectivity index (χ4v) is 5.39. The van der Waals surface area contributed by atoms with Crippen molar-refractivity contribution in [2.75, 3.05) is 33.3 Å². The number of amides is 2. The van der Waals surface area contributed by atoms with E-state index in [-0.39, 0.29) is 34.4 Å². The summed E-state index contributed by atoms with van der Waals surface area (Å²) in [5, 5.41) is 8.11. The van der Waals surface area contributed by atoms with E-state index < -0.39 is 0 Å². The quantitative estimate of drug-likeness (QED) is 0.557. The number of nitrogens with zero attached hydrogens (tertiary/aromatic N) is 4. The molecule has 2 amide bonds. The SMILES string of the molecule is COc1cc(C(=O)N2CCC3(CCN(C(=O)Cc4n[nH]c(=O)c5ccccc45)C3)CC2)cc(Cl)n1. The summed E-state index contributed by atoms with van der Waals surface area (Å²) in [6, 6.07) is 10.4. The van der Waals surface area contributed by atoms with Crippen LogP contribution in [0, 0.1) is 5.41 Å². The number of carbonyl (C=O) groups excluding carboxylic acids is 2. The largest absolute Gasteiger partial charge is 0.481 e. The Bertz CT molecular complexity index is 1350. The van der Waals surface area contributed by atoms with E-state index in [1.54, 1.807) is 24.3 Å². The maximum atomic E-state index is 13.1. The van der Waals surface area contributed by atoms with Crippen molar-refractivity contribution in [1.82, 2.24) is 25.0 Å². The molecule has 10 heteroatoms. The van der Waals surface area contributed by atoms with Gasteiger partial charge in [0.1, 0.15) is 5.15 Å². The normalized spacial score (nSPS) is 17.2. The molecule has 4 heterocycles. The van der Waals surface area contributed by atoms with Crippen molar-refractivity contribution in [3.63, 3.8) is 0 Å². The zero-order chi connectivity index (χ0) is 24.6. The van der Waals surface area contributed by atoms with Crippen molar-refractivity contribution >= 4 is 34.2 Å². The van der Waals surface area contributed by atoms with Gasteiger partial charge in [-0.2, -0.15) is 5.10 Å². The van der Waals surface area contributed by atoms with Gasteiger partial charge in [-0.15, -0.1) is 0 Å². The minimum absolute atomic E-state index is 0.00334. The summed E-state index contributed by atoms with van der Waals surface area (Å²) < 4.78 is 5.13. The van der Waals surface area contributed by atoms with E-state index in [0.29, 0.717) is 54.1 Å². The summed E-state index contributed by atoms with van der Waals surface area (Å²) >= 11 is 6.03. The van der Waals surface area contributed by atoms with Crippen LogP contribution in [0.5, 0.6) is 5.88 Å². The summed E-state index contributed by atoms with van der Waals surface area (Å²) in [5.74, 6) is 0.219. The number of aromatic amines is 1. The number of hydrogen-bond acceptors (Lipinski definition) is 6. The molecule has 0 aliphatic carbocycles. The number of aromatic nitrogens is 3. The van der Waals surface area contributed by atoms with Crippen molar-refractivity contribution in [2.45, 2.75) is 25.7 Å². The second-order valence-electron chi connectivity index (χ2n) is 9.30. The number of benzene rings is 1. The summed E-state index contributed by atoms with van der Waals surface area (Å²) in [4.78, 5) is 45.9. The second kappa shape index (κ2) is 9.30. The molecule has 0 unspecified atom stereocenters. The molecule has 35 heavy (non-hydrogen) atoms.